The lowest BCUT2D eigenvalue weighted by Crippen LogP contribution is -2.27. The van der Waals surface area contributed by atoms with Crippen molar-refractivity contribution in [1.82, 2.24) is 0 Å². The second-order valence-corrected chi connectivity index (χ2v) is 4.36. The first-order valence-electron chi connectivity index (χ1n) is 5.45. The number of hydrogen-bond donors (Lipinski definition) is 1. The molecule has 1 heterocycles. The largest absolute Gasteiger partial charge is 0.381 e. The Labute approximate surface area is 104 Å². The van der Waals surface area contributed by atoms with E-state index in [1.165, 1.54) is 12.1 Å². The van der Waals surface area contributed by atoms with Crippen LogP contribution in [0.15, 0.2) is 18.2 Å². The Bertz CT molecular complexity index is 419. The topological polar surface area (TPSA) is 64.4 Å². The van der Waals surface area contributed by atoms with E-state index in [0.29, 0.717) is 23.9 Å². The average Bonchev–Trinajstić information content (AvgIpc) is 2.33. The van der Waals surface area contributed by atoms with Crippen LogP contribution in [-0.2, 0) is 4.74 Å². The first-order chi connectivity index (χ1) is 8.16. The van der Waals surface area contributed by atoms with Gasteiger partial charge in [-0.25, -0.2) is 0 Å². The van der Waals surface area contributed by atoms with Gasteiger partial charge in [-0.05, 0) is 18.9 Å². The maximum absolute atomic E-state index is 10.7. The molecule has 5 nitrogen and oxygen atoms in total. The molecule has 0 aromatic heterocycles. The standard InChI is InChI=1S/C11H13ClN2O3/c12-10-2-1-9(14(15)16)7-11(10)13-8-3-5-17-6-4-8/h1-2,7-8,13H,3-6H2. The normalized spacial score (nSPS) is 16.8. The lowest BCUT2D eigenvalue weighted by atomic mass is 10.1. The van der Waals surface area contributed by atoms with Gasteiger partial charge >= 0.3 is 0 Å². The second-order valence-electron chi connectivity index (χ2n) is 3.95. The summed E-state index contributed by atoms with van der Waals surface area (Å²) in [6, 6.07) is 4.68. The van der Waals surface area contributed by atoms with E-state index in [4.69, 9.17) is 16.3 Å². The number of nitro benzene ring substituents is 1. The molecule has 0 spiro atoms. The summed E-state index contributed by atoms with van der Waals surface area (Å²) >= 11 is 6.00. The Morgan fingerprint density at radius 2 is 2.12 bits per heavy atom. The van der Waals surface area contributed by atoms with Crippen molar-refractivity contribution in [2.24, 2.45) is 0 Å². The molecule has 1 N–H and O–H groups in total. The van der Waals surface area contributed by atoms with Crippen molar-refractivity contribution >= 4 is 23.0 Å². The Morgan fingerprint density at radius 3 is 2.76 bits per heavy atom. The average molecular weight is 257 g/mol. The van der Waals surface area contributed by atoms with Crippen LogP contribution in [0.1, 0.15) is 12.8 Å². The third kappa shape index (κ3) is 3.08. The number of benzene rings is 1. The minimum atomic E-state index is -0.425. The summed E-state index contributed by atoms with van der Waals surface area (Å²) < 4.78 is 5.25. The summed E-state index contributed by atoms with van der Waals surface area (Å²) in [5.74, 6) is 0. The number of nitro groups is 1. The van der Waals surface area contributed by atoms with Crippen LogP contribution in [0.2, 0.25) is 5.02 Å². The molecule has 0 amide bonds. The predicted molar refractivity (Wildman–Crippen MR) is 65.6 cm³/mol. The SMILES string of the molecule is O=[N+]([O-])c1ccc(Cl)c(NC2CCOCC2)c1. The third-order valence-corrected chi connectivity index (χ3v) is 3.07. The van der Waals surface area contributed by atoms with E-state index in [1.54, 1.807) is 6.07 Å². The highest BCUT2D eigenvalue weighted by molar-refractivity contribution is 6.33. The number of anilines is 1. The number of halogens is 1. The van der Waals surface area contributed by atoms with Crippen LogP contribution in [0.4, 0.5) is 11.4 Å². The van der Waals surface area contributed by atoms with Gasteiger partial charge in [-0.2, -0.15) is 0 Å². The predicted octanol–water partition coefficient (Wildman–Crippen LogP) is 2.84. The molecule has 17 heavy (non-hydrogen) atoms. The number of rotatable bonds is 3. The van der Waals surface area contributed by atoms with E-state index in [0.717, 1.165) is 12.8 Å². The molecule has 0 saturated carbocycles. The van der Waals surface area contributed by atoms with Crippen LogP contribution in [0.25, 0.3) is 0 Å². The van der Waals surface area contributed by atoms with Crippen LogP contribution < -0.4 is 5.32 Å². The number of nitrogens with one attached hydrogen (secondary N) is 1. The molecule has 1 fully saturated rings. The molecular formula is C11H13ClN2O3. The lowest BCUT2D eigenvalue weighted by molar-refractivity contribution is -0.384. The monoisotopic (exact) mass is 256 g/mol. The molecule has 0 bridgehead atoms. The van der Waals surface area contributed by atoms with E-state index in [2.05, 4.69) is 5.32 Å². The molecule has 6 heteroatoms. The molecule has 1 saturated heterocycles. The van der Waals surface area contributed by atoms with Gasteiger partial charge in [0, 0.05) is 31.4 Å². The quantitative estimate of drug-likeness (QED) is 0.667. The Hall–Kier alpha value is -1.33. The van der Waals surface area contributed by atoms with Gasteiger partial charge in [-0.15, -0.1) is 0 Å². The number of ether oxygens (including phenoxy) is 1. The Balaban J connectivity index is 2.13. The Morgan fingerprint density at radius 1 is 1.41 bits per heavy atom. The van der Waals surface area contributed by atoms with E-state index in [-0.39, 0.29) is 11.7 Å². The fraction of sp³-hybridized carbons (Fsp3) is 0.455. The lowest BCUT2D eigenvalue weighted by Gasteiger charge is -2.24. The summed E-state index contributed by atoms with van der Waals surface area (Å²) in [6.07, 6.45) is 1.78. The maximum Gasteiger partial charge on any atom is 0.271 e. The summed E-state index contributed by atoms with van der Waals surface area (Å²) in [6.45, 7) is 1.43. The van der Waals surface area contributed by atoms with Crippen LogP contribution in [0.3, 0.4) is 0 Å². The summed E-state index contributed by atoms with van der Waals surface area (Å²) in [5, 5.41) is 14.4. The molecule has 0 aliphatic carbocycles. The minimum Gasteiger partial charge on any atom is -0.381 e. The van der Waals surface area contributed by atoms with Crippen molar-refractivity contribution in [2.75, 3.05) is 18.5 Å². The maximum atomic E-state index is 10.7. The molecule has 1 aromatic rings. The van der Waals surface area contributed by atoms with Gasteiger partial charge in [0.2, 0.25) is 0 Å². The van der Waals surface area contributed by atoms with Gasteiger partial charge in [0.15, 0.2) is 0 Å². The molecule has 92 valence electrons. The number of non-ortho nitro benzene ring substituents is 1. The number of hydrogen-bond acceptors (Lipinski definition) is 4. The van der Waals surface area contributed by atoms with E-state index in [9.17, 15) is 10.1 Å². The minimum absolute atomic E-state index is 0.0453. The van der Waals surface area contributed by atoms with Gasteiger partial charge < -0.3 is 10.1 Å². The fourth-order valence-electron chi connectivity index (χ4n) is 1.80. The van der Waals surface area contributed by atoms with Gasteiger partial charge in [0.05, 0.1) is 15.6 Å². The van der Waals surface area contributed by atoms with E-state index >= 15 is 0 Å². The fourth-order valence-corrected chi connectivity index (χ4v) is 1.97. The van der Waals surface area contributed by atoms with Crippen molar-refractivity contribution in [2.45, 2.75) is 18.9 Å². The van der Waals surface area contributed by atoms with Crippen molar-refractivity contribution in [3.8, 4) is 0 Å². The van der Waals surface area contributed by atoms with Crippen molar-refractivity contribution in [1.29, 1.82) is 0 Å². The molecule has 0 atom stereocenters. The van der Waals surface area contributed by atoms with Crippen LogP contribution >= 0.6 is 11.6 Å². The molecule has 0 unspecified atom stereocenters. The first-order valence-corrected chi connectivity index (χ1v) is 5.83. The van der Waals surface area contributed by atoms with Gasteiger partial charge in [0.25, 0.3) is 5.69 Å². The molecular weight excluding hydrogens is 244 g/mol. The Kier molecular flexibility index (Phi) is 3.81. The van der Waals surface area contributed by atoms with E-state index in [1.807, 2.05) is 0 Å². The zero-order valence-corrected chi connectivity index (χ0v) is 9.94. The highest BCUT2D eigenvalue weighted by Crippen LogP contribution is 2.28. The van der Waals surface area contributed by atoms with E-state index < -0.39 is 4.92 Å². The smallest absolute Gasteiger partial charge is 0.271 e. The molecule has 1 aromatic carbocycles. The highest BCUT2D eigenvalue weighted by Gasteiger charge is 2.16. The van der Waals surface area contributed by atoms with Crippen LogP contribution in [0.5, 0.6) is 0 Å². The van der Waals surface area contributed by atoms with Gasteiger partial charge in [-0.1, -0.05) is 11.6 Å². The number of nitrogens with zero attached hydrogens (tertiary/aromatic N) is 1. The molecule has 1 aliphatic rings. The first kappa shape index (κ1) is 12.1. The van der Waals surface area contributed by atoms with Crippen molar-refractivity contribution in [3.63, 3.8) is 0 Å². The molecule has 0 radical (unpaired) electrons. The molecule has 2 rings (SSSR count). The summed E-state index contributed by atoms with van der Waals surface area (Å²) in [4.78, 5) is 10.2. The van der Waals surface area contributed by atoms with Crippen LogP contribution in [-0.4, -0.2) is 24.2 Å². The zero-order chi connectivity index (χ0) is 12.3. The second kappa shape index (κ2) is 5.33. The zero-order valence-electron chi connectivity index (χ0n) is 9.19. The summed E-state index contributed by atoms with van der Waals surface area (Å²) in [7, 11) is 0. The van der Waals surface area contributed by atoms with Gasteiger partial charge in [0.1, 0.15) is 0 Å². The summed E-state index contributed by atoms with van der Waals surface area (Å²) in [5.41, 5.74) is 0.664. The third-order valence-electron chi connectivity index (χ3n) is 2.74. The van der Waals surface area contributed by atoms with Crippen molar-refractivity contribution in [3.05, 3.63) is 33.3 Å². The van der Waals surface area contributed by atoms with Crippen LogP contribution in [0, 0.1) is 10.1 Å². The highest BCUT2D eigenvalue weighted by atomic mass is 35.5. The van der Waals surface area contributed by atoms with Crippen molar-refractivity contribution < 1.29 is 9.66 Å². The van der Waals surface area contributed by atoms with Gasteiger partial charge in [-0.3, -0.25) is 10.1 Å². The molecule has 1 aliphatic heterocycles.